The fourth-order valence-corrected chi connectivity index (χ4v) is 1.86. The van der Waals surface area contributed by atoms with Crippen molar-refractivity contribution in [3.05, 3.63) is 43.8 Å². The number of hydrogen-bond acceptors (Lipinski definition) is 1. The van der Waals surface area contributed by atoms with Gasteiger partial charge in [0.15, 0.2) is 5.43 Å². The standard InChI is InChI=1S/C10H5F3INO/c11-10(12,13)9-4-8(16)6-3-5(14)1-2-7(6)15-9/h1-4H,(H,15,16). The summed E-state index contributed by atoms with van der Waals surface area (Å²) in [6.45, 7) is 0. The van der Waals surface area contributed by atoms with Crippen LogP contribution in [0.25, 0.3) is 10.9 Å². The predicted molar refractivity (Wildman–Crippen MR) is 62.3 cm³/mol. The van der Waals surface area contributed by atoms with Gasteiger partial charge in [0, 0.05) is 20.5 Å². The molecule has 0 saturated heterocycles. The second kappa shape index (κ2) is 3.76. The van der Waals surface area contributed by atoms with Crippen LogP contribution in [0.2, 0.25) is 0 Å². The molecule has 84 valence electrons. The van der Waals surface area contributed by atoms with Crippen molar-refractivity contribution in [3.8, 4) is 0 Å². The highest BCUT2D eigenvalue weighted by Crippen LogP contribution is 2.27. The first-order valence-electron chi connectivity index (χ1n) is 4.28. The van der Waals surface area contributed by atoms with Gasteiger partial charge in [-0.3, -0.25) is 4.79 Å². The van der Waals surface area contributed by atoms with Gasteiger partial charge in [0.2, 0.25) is 0 Å². The number of halogens is 4. The summed E-state index contributed by atoms with van der Waals surface area (Å²) in [4.78, 5) is 13.7. The molecule has 0 radical (unpaired) electrons. The molecule has 2 aromatic rings. The highest BCUT2D eigenvalue weighted by atomic mass is 127. The maximum atomic E-state index is 12.4. The van der Waals surface area contributed by atoms with Gasteiger partial charge in [-0.2, -0.15) is 13.2 Å². The Morgan fingerprint density at radius 1 is 1.19 bits per heavy atom. The average molecular weight is 339 g/mol. The zero-order valence-corrected chi connectivity index (χ0v) is 9.89. The second-order valence-corrected chi connectivity index (χ2v) is 4.48. The lowest BCUT2D eigenvalue weighted by molar-refractivity contribution is -0.141. The molecule has 0 saturated carbocycles. The predicted octanol–water partition coefficient (Wildman–Crippen LogP) is 3.15. The summed E-state index contributed by atoms with van der Waals surface area (Å²) in [6, 6.07) is 5.24. The zero-order chi connectivity index (χ0) is 11.9. The number of pyridine rings is 1. The molecule has 6 heteroatoms. The minimum Gasteiger partial charge on any atom is -0.351 e. The number of aromatic nitrogens is 1. The van der Waals surface area contributed by atoms with Gasteiger partial charge in [-0.15, -0.1) is 0 Å². The molecule has 0 amide bonds. The van der Waals surface area contributed by atoms with Crippen molar-refractivity contribution in [2.24, 2.45) is 0 Å². The van der Waals surface area contributed by atoms with Crippen LogP contribution in [0.1, 0.15) is 5.69 Å². The van der Waals surface area contributed by atoms with Crippen LogP contribution in [0.5, 0.6) is 0 Å². The molecule has 1 heterocycles. The van der Waals surface area contributed by atoms with Crippen molar-refractivity contribution in [2.45, 2.75) is 6.18 Å². The van der Waals surface area contributed by atoms with E-state index >= 15 is 0 Å². The molecule has 2 rings (SSSR count). The molecule has 0 aliphatic carbocycles. The van der Waals surface area contributed by atoms with Crippen LogP contribution in [-0.4, -0.2) is 4.98 Å². The Morgan fingerprint density at radius 3 is 2.50 bits per heavy atom. The smallest absolute Gasteiger partial charge is 0.351 e. The fourth-order valence-electron chi connectivity index (χ4n) is 1.37. The van der Waals surface area contributed by atoms with Crippen molar-refractivity contribution < 1.29 is 13.2 Å². The quantitative estimate of drug-likeness (QED) is 0.735. The Labute approximate surface area is 102 Å². The highest BCUT2D eigenvalue weighted by molar-refractivity contribution is 14.1. The average Bonchev–Trinajstić information content (AvgIpc) is 2.17. The van der Waals surface area contributed by atoms with Gasteiger partial charge in [0.05, 0.1) is 0 Å². The summed E-state index contributed by atoms with van der Waals surface area (Å²) < 4.78 is 38.0. The molecule has 16 heavy (non-hydrogen) atoms. The van der Waals surface area contributed by atoms with Crippen LogP contribution >= 0.6 is 22.6 Å². The number of hydrogen-bond donors (Lipinski definition) is 1. The van der Waals surface area contributed by atoms with E-state index in [1.807, 2.05) is 22.6 Å². The van der Waals surface area contributed by atoms with Crippen LogP contribution < -0.4 is 5.43 Å². The molecule has 0 fully saturated rings. The number of aromatic amines is 1. The van der Waals surface area contributed by atoms with Crippen LogP contribution in [0.15, 0.2) is 29.1 Å². The van der Waals surface area contributed by atoms with Crippen molar-refractivity contribution in [3.63, 3.8) is 0 Å². The van der Waals surface area contributed by atoms with Crippen molar-refractivity contribution >= 4 is 33.5 Å². The molecule has 0 spiro atoms. The first-order chi connectivity index (χ1) is 7.38. The normalized spacial score (nSPS) is 12.0. The summed E-state index contributed by atoms with van der Waals surface area (Å²) in [6.07, 6.45) is -4.53. The van der Waals surface area contributed by atoms with Crippen molar-refractivity contribution in [1.29, 1.82) is 0 Å². The number of benzene rings is 1. The molecule has 0 bridgehead atoms. The Bertz CT molecular complexity index is 603. The molecule has 0 aliphatic rings. The minimum absolute atomic E-state index is 0.195. The molecule has 0 aliphatic heterocycles. The summed E-state index contributed by atoms with van der Waals surface area (Å²) in [5.41, 5.74) is -1.45. The monoisotopic (exact) mass is 339 g/mol. The molecule has 0 atom stereocenters. The first kappa shape index (κ1) is 11.4. The van der Waals surface area contributed by atoms with E-state index in [1.54, 1.807) is 12.1 Å². The van der Waals surface area contributed by atoms with Crippen LogP contribution in [0, 0.1) is 3.57 Å². The van der Waals surface area contributed by atoms with E-state index in [-0.39, 0.29) is 10.9 Å². The first-order valence-corrected chi connectivity index (χ1v) is 5.35. The highest BCUT2D eigenvalue weighted by Gasteiger charge is 2.32. The van der Waals surface area contributed by atoms with Crippen LogP contribution in [0.3, 0.4) is 0 Å². The second-order valence-electron chi connectivity index (χ2n) is 3.23. The third-order valence-corrected chi connectivity index (χ3v) is 2.77. The number of rotatable bonds is 0. The molecule has 0 unspecified atom stereocenters. The molecular weight excluding hydrogens is 334 g/mol. The lowest BCUT2D eigenvalue weighted by atomic mass is 10.2. The summed E-state index contributed by atoms with van der Waals surface area (Å²) in [7, 11) is 0. The van der Waals surface area contributed by atoms with Gasteiger partial charge in [-0.25, -0.2) is 0 Å². The molecule has 2 nitrogen and oxygen atoms in total. The van der Waals surface area contributed by atoms with Gasteiger partial charge in [-0.1, -0.05) is 0 Å². The van der Waals surface area contributed by atoms with Crippen LogP contribution in [0.4, 0.5) is 13.2 Å². The fraction of sp³-hybridized carbons (Fsp3) is 0.100. The van der Waals surface area contributed by atoms with E-state index in [4.69, 9.17) is 0 Å². The molecular formula is C10H5F3INO. The third-order valence-electron chi connectivity index (χ3n) is 2.10. The maximum Gasteiger partial charge on any atom is 0.431 e. The van der Waals surface area contributed by atoms with Crippen molar-refractivity contribution in [1.82, 2.24) is 4.98 Å². The molecule has 1 N–H and O–H groups in total. The van der Waals surface area contributed by atoms with Crippen molar-refractivity contribution in [2.75, 3.05) is 0 Å². The van der Waals surface area contributed by atoms with Gasteiger partial charge >= 0.3 is 6.18 Å². The summed E-state index contributed by atoms with van der Waals surface area (Å²) in [5, 5.41) is 0.264. The molecule has 1 aromatic carbocycles. The summed E-state index contributed by atoms with van der Waals surface area (Å²) in [5.74, 6) is 0. The van der Waals surface area contributed by atoms with E-state index in [0.717, 1.165) is 3.57 Å². The Balaban J connectivity index is 2.79. The van der Waals surface area contributed by atoms with E-state index < -0.39 is 17.3 Å². The maximum absolute atomic E-state index is 12.4. The number of H-pyrrole nitrogens is 1. The number of nitrogens with one attached hydrogen (secondary N) is 1. The van der Waals surface area contributed by atoms with E-state index in [2.05, 4.69) is 4.98 Å². The van der Waals surface area contributed by atoms with E-state index in [9.17, 15) is 18.0 Å². The lowest BCUT2D eigenvalue weighted by Crippen LogP contribution is -2.13. The Hall–Kier alpha value is -1.05. The Morgan fingerprint density at radius 2 is 1.88 bits per heavy atom. The number of alkyl halides is 3. The van der Waals surface area contributed by atoms with E-state index in [1.165, 1.54) is 6.07 Å². The topological polar surface area (TPSA) is 32.9 Å². The third kappa shape index (κ3) is 2.06. The lowest BCUT2D eigenvalue weighted by Gasteiger charge is -2.07. The summed E-state index contributed by atoms with van der Waals surface area (Å²) >= 11 is 1.99. The SMILES string of the molecule is O=c1cc(C(F)(F)F)[nH]c2ccc(I)cc12. The van der Waals surface area contributed by atoms with Gasteiger partial charge in [-0.05, 0) is 40.8 Å². The van der Waals surface area contributed by atoms with Gasteiger partial charge < -0.3 is 4.98 Å². The number of fused-ring (bicyclic) bond motifs is 1. The minimum atomic E-state index is -4.53. The zero-order valence-electron chi connectivity index (χ0n) is 7.73. The largest absolute Gasteiger partial charge is 0.431 e. The van der Waals surface area contributed by atoms with E-state index in [0.29, 0.717) is 6.07 Å². The van der Waals surface area contributed by atoms with Crippen LogP contribution in [-0.2, 0) is 6.18 Å². The van der Waals surface area contributed by atoms with Gasteiger partial charge in [0.25, 0.3) is 0 Å². The van der Waals surface area contributed by atoms with Gasteiger partial charge in [0.1, 0.15) is 5.69 Å². The molecule has 1 aromatic heterocycles. The Kier molecular flexibility index (Phi) is 2.69.